The molecule has 0 atom stereocenters. The Labute approximate surface area is 69.3 Å². The summed E-state index contributed by atoms with van der Waals surface area (Å²) in [5.74, 6) is 0. The Morgan fingerprint density at radius 1 is 1.55 bits per heavy atom. The maximum absolute atomic E-state index is 2.28. The summed E-state index contributed by atoms with van der Waals surface area (Å²) >= 11 is 0. The van der Waals surface area contributed by atoms with Crippen LogP contribution in [0.5, 0.6) is 0 Å². The van der Waals surface area contributed by atoms with Crippen LogP contribution in [0.4, 0.5) is 0 Å². The highest BCUT2D eigenvalue weighted by Crippen LogP contribution is 2.11. The molecule has 0 aromatic carbocycles. The van der Waals surface area contributed by atoms with Crippen molar-refractivity contribution in [1.29, 1.82) is 0 Å². The number of hydrogen-bond donors (Lipinski definition) is 0. The van der Waals surface area contributed by atoms with Crippen molar-refractivity contribution in [2.24, 2.45) is 0 Å². The Morgan fingerprint density at radius 2 is 2.45 bits per heavy atom. The zero-order valence-electron chi connectivity index (χ0n) is 7.22. The van der Waals surface area contributed by atoms with Gasteiger partial charge in [0.25, 0.3) is 0 Å². The number of allylic oxidation sites excluding steroid dienone is 6. The normalized spacial score (nSPS) is 16.3. The zero-order chi connectivity index (χ0) is 7.94. The first kappa shape index (κ1) is 8.32. The molecule has 11 heavy (non-hydrogen) atoms. The molecule has 0 aliphatic heterocycles. The Morgan fingerprint density at radius 3 is 3.09 bits per heavy atom. The molecule has 0 saturated heterocycles. The molecular weight excluding hydrogens is 132 g/mol. The van der Waals surface area contributed by atoms with E-state index in [0.717, 1.165) is 6.42 Å². The molecule has 0 bridgehead atoms. The highest BCUT2D eigenvalue weighted by atomic mass is 14.0. The SMILES string of the molecule is CCCCC=CC1=CC=CC1. The van der Waals surface area contributed by atoms with E-state index in [-0.39, 0.29) is 0 Å². The molecule has 0 aromatic rings. The van der Waals surface area contributed by atoms with Crippen molar-refractivity contribution < 1.29 is 0 Å². The molecule has 1 aliphatic rings. The van der Waals surface area contributed by atoms with Crippen LogP contribution in [-0.4, -0.2) is 0 Å². The summed E-state index contributed by atoms with van der Waals surface area (Å²) in [7, 11) is 0. The number of unbranched alkanes of at least 4 members (excludes halogenated alkanes) is 2. The third kappa shape index (κ3) is 3.22. The van der Waals surface area contributed by atoms with Crippen LogP contribution >= 0.6 is 0 Å². The molecule has 0 amide bonds. The maximum Gasteiger partial charge on any atom is -0.00944 e. The molecule has 0 unspecified atom stereocenters. The fraction of sp³-hybridized carbons (Fsp3) is 0.455. The molecule has 0 N–H and O–H groups in total. The van der Waals surface area contributed by atoms with Gasteiger partial charge >= 0.3 is 0 Å². The van der Waals surface area contributed by atoms with Gasteiger partial charge in [-0.05, 0) is 18.4 Å². The molecule has 0 fully saturated rings. The first-order chi connectivity index (χ1) is 5.43. The van der Waals surface area contributed by atoms with Crippen LogP contribution in [0.25, 0.3) is 0 Å². The van der Waals surface area contributed by atoms with Crippen molar-refractivity contribution in [1.82, 2.24) is 0 Å². The lowest BCUT2D eigenvalue weighted by molar-refractivity contribution is 0.814. The zero-order valence-corrected chi connectivity index (χ0v) is 7.22. The predicted octanol–water partition coefficient (Wildman–Crippen LogP) is 3.62. The summed E-state index contributed by atoms with van der Waals surface area (Å²) in [6.07, 6.45) is 16.0. The predicted molar refractivity (Wildman–Crippen MR) is 50.5 cm³/mol. The van der Waals surface area contributed by atoms with Gasteiger partial charge in [0.05, 0.1) is 0 Å². The Balaban J connectivity index is 2.15. The van der Waals surface area contributed by atoms with Crippen molar-refractivity contribution in [2.75, 3.05) is 0 Å². The van der Waals surface area contributed by atoms with E-state index in [1.165, 1.54) is 24.8 Å². The average Bonchev–Trinajstić information content (AvgIpc) is 2.50. The lowest BCUT2D eigenvalue weighted by Crippen LogP contribution is -1.70. The van der Waals surface area contributed by atoms with E-state index in [1.807, 2.05) is 0 Å². The molecule has 0 heteroatoms. The minimum absolute atomic E-state index is 1.13. The van der Waals surface area contributed by atoms with Crippen LogP contribution in [0.15, 0.2) is 36.0 Å². The van der Waals surface area contributed by atoms with Gasteiger partial charge in [-0.3, -0.25) is 0 Å². The lowest BCUT2D eigenvalue weighted by atomic mass is 10.2. The quantitative estimate of drug-likeness (QED) is 0.534. The van der Waals surface area contributed by atoms with Crippen LogP contribution in [0.3, 0.4) is 0 Å². The average molecular weight is 148 g/mol. The van der Waals surface area contributed by atoms with E-state index >= 15 is 0 Å². The Kier molecular flexibility index (Phi) is 3.74. The summed E-state index contributed by atoms with van der Waals surface area (Å²) in [5, 5.41) is 0. The van der Waals surface area contributed by atoms with E-state index in [4.69, 9.17) is 0 Å². The molecule has 1 aliphatic carbocycles. The van der Waals surface area contributed by atoms with Gasteiger partial charge in [0.1, 0.15) is 0 Å². The molecular formula is C11H16. The van der Waals surface area contributed by atoms with Gasteiger partial charge in [0.15, 0.2) is 0 Å². The highest BCUT2D eigenvalue weighted by molar-refractivity contribution is 5.31. The van der Waals surface area contributed by atoms with Crippen molar-refractivity contribution in [3.8, 4) is 0 Å². The standard InChI is InChI=1S/C11H16/c1-2-3-4-5-8-11-9-6-7-10-11/h5-9H,2-4,10H2,1H3. The van der Waals surface area contributed by atoms with E-state index in [2.05, 4.69) is 37.3 Å². The van der Waals surface area contributed by atoms with Crippen molar-refractivity contribution >= 4 is 0 Å². The second kappa shape index (κ2) is 4.95. The van der Waals surface area contributed by atoms with Gasteiger partial charge in [-0.25, -0.2) is 0 Å². The van der Waals surface area contributed by atoms with Gasteiger partial charge in [-0.2, -0.15) is 0 Å². The molecule has 1 rings (SSSR count). The van der Waals surface area contributed by atoms with E-state index in [0.29, 0.717) is 0 Å². The lowest BCUT2D eigenvalue weighted by Gasteiger charge is -1.90. The van der Waals surface area contributed by atoms with Gasteiger partial charge < -0.3 is 0 Å². The van der Waals surface area contributed by atoms with Gasteiger partial charge in [-0.1, -0.05) is 50.1 Å². The van der Waals surface area contributed by atoms with E-state index < -0.39 is 0 Å². The van der Waals surface area contributed by atoms with E-state index in [1.54, 1.807) is 0 Å². The summed E-state index contributed by atoms with van der Waals surface area (Å²) < 4.78 is 0. The third-order valence-electron chi connectivity index (χ3n) is 1.86. The smallest absolute Gasteiger partial charge is 0.00944 e. The fourth-order valence-corrected chi connectivity index (χ4v) is 1.14. The van der Waals surface area contributed by atoms with Crippen LogP contribution in [-0.2, 0) is 0 Å². The van der Waals surface area contributed by atoms with Crippen molar-refractivity contribution in [2.45, 2.75) is 32.6 Å². The number of hydrogen-bond acceptors (Lipinski definition) is 0. The highest BCUT2D eigenvalue weighted by Gasteiger charge is 1.91. The van der Waals surface area contributed by atoms with Gasteiger partial charge in [0, 0.05) is 0 Å². The molecule has 0 spiro atoms. The summed E-state index contributed by atoms with van der Waals surface area (Å²) in [5.41, 5.74) is 1.45. The van der Waals surface area contributed by atoms with Crippen LogP contribution in [0.2, 0.25) is 0 Å². The first-order valence-electron chi connectivity index (χ1n) is 4.45. The van der Waals surface area contributed by atoms with Crippen LogP contribution < -0.4 is 0 Å². The maximum atomic E-state index is 2.28. The van der Waals surface area contributed by atoms with Crippen LogP contribution in [0.1, 0.15) is 32.6 Å². The topological polar surface area (TPSA) is 0 Å². The van der Waals surface area contributed by atoms with Gasteiger partial charge in [0.2, 0.25) is 0 Å². The monoisotopic (exact) mass is 148 g/mol. The third-order valence-corrected chi connectivity index (χ3v) is 1.86. The second-order valence-electron chi connectivity index (χ2n) is 2.92. The molecule has 0 aromatic heterocycles. The van der Waals surface area contributed by atoms with Crippen molar-refractivity contribution in [3.63, 3.8) is 0 Å². The largest absolute Gasteiger partial charge is 0.0843 e. The minimum Gasteiger partial charge on any atom is -0.0843 e. The Bertz CT molecular complexity index is 182. The van der Waals surface area contributed by atoms with E-state index in [9.17, 15) is 0 Å². The Hall–Kier alpha value is -0.780. The first-order valence-corrected chi connectivity index (χ1v) is 4.45. The number of rotatable bonds is 4. The summed E-state index contributed by atoms with van der Waals surface area (Å²) in [4.78, 5) is 0. The van der Waals surface area contributed by atoms with Gasteiger partial charge in [-0.15, -0.1) is 0 Å². The molecule has 0 saturated carbocycles. The molecule has 0 radical (unpaired) electrons. The molecule has 60 valence electrons. The molecule has 0 heterocycles. The van der Waals surface area contributed by atoms with Crippen LogP contribution in [0, 0.1) is 0 Å². The van der Waals surface area contributed by atoms with Crippen molar-refractivity contribution in [3.05, 3.63) is 36.0 Å². The second-order valence-corrected chi connectivity index (χ2v) is 2.92. The summed E-state index contributed by atoms with van der Waals surface area (Å²) in [6.45, 7) is 2.23. The minimum atomic E-state index is 1.13. The fourth-order valence-electron chi connectivity index (χ4n) is 1.14. The molecule has 0 nitrogen and oxygen atoms in total. The summed E-state index contributed by atoms with van der Waals surface area (Å²) in [6, 6.07) is 0.